The molecule has 1 aromatic rings. The minimum absolute atomic E-state index is 0.0635. The number of nitrogens with zero attached hydrogens (tertiary/aromatic N) is 1. The Morgan fingerprint density at radius 3 is 2.34 bits per heavy atom. The summed E-state index contributed by atoms with van der Waals surface area (Å²) in [6.45, 7) is 11.7. The maximum Gasteiger partial charge on any atom is 0.256 e. The number of methoxy groups -OCH3 is 2. The number of likely N-dealkylation sites (tertiary alicyclic amines) is 1. The summed E-state index contributed by atoms with van der Waals surface area (Å²) in [6.07, 6.45) is -0.0543. The lowest BCUT2D eigenvalue weighted by Crippen LogP contribution is -2.48. The van der Waals surface area contributed by atoms with Crippen molar-refractivity contribution in [3.8, 4) is 11.5 Å². The van der Waals surface area contributed by atoms with Gasteiger partial charge in [0.1, 0.15) is 0 Å². The topological polar surface area (TPSA) is 80.3 Å². The number of aliphatic hydroxyl groups excluding tert-OH is 1. The average Bonchev–Trinajstić information content (AvgIpc) is 3.04. The smallest absolute Gasteiger partial charge is 0.256 e. The summed E-state index contributed by atoms with van der Waals surface area (Å²) >= 11 is 0. The molecule has 2 N–H and O–H groups in total. The fourth-order valence-electron chi connectivity index (χ4n) is 3.22. The second-order valence-corrected chi connectivity index (χ2v) is 13.8. The first-order valence-corrected chi connectivity index (χ1v) is 12.9. The van der Waals surface area contributed by atoms with Crippen LogP contribution in [0.5, 0.6) is 11.5 Å². The Morgan fingerprint density at radius 1 is 1.24 bits per heavy atom. The fourth-order valence-corrected chi connectivity index (χ4v) is 4.24. The van der Waals surface area contributed by atoms with Gasteiger partial charge in [0.05, 0.1) is 44.2 Å². The van der Waals surface area contributed by atoms with E-state index in [0.717, 1.165) is 0 Å². The summed E-state index contributed by atoms with van der Waals surface area (Å²) in [7, 11) is 2.87. The summed E-state index contributed by atoms with van der Waals surface area (Å²) < 4.78 is 17.0. The van der Waals surface area contributed by atoms with Crippen molar-refractivity contribution in [3.63, 3.8) is 0 Å². The molecule has 1 aliphatic heterocycles. The molecule has 164 valence electrons. The van der Waals surface area contributed by atoms with E-state index in [4.69, 9.17) is 13.9 Å². The number of carbonyl (C=O) groups excluding carboxylic acids is 1. The SMILES string of the molecule is CNc1cc(OC)c(OC)cc1C(=O)N1CC[C@H](O)[C@H]1CO[Si](C)(C)C(C)(C)C. The quantitative estimate of drug-likeness (QED) is 0.654. The molecule has 2 atom stereocenters. The molecule has 0 aromatic heterocycles. The summed E-state index contributed by atoms with van der Waals surface area (Å²) in [6, 6.07) is 3.07. The van der Waals surface area contributed by atoms with Gasteiger partial charge in [-0.05, 0) is 30.6 Å². The highest BCUT2D eigenvalue weighted by molar-refractivity contribution is 6.74. The third kappa shape index (κ3) is 4.87. The van der Waals surface area contributed by atoms with Crippen LogP contribution in [0.4, 0.5) is 5.69 Å². The molecule has 1 heterocycles. The molecule has 1 saturated heterocycles. The zero-order valence-corrected chi connectivity index (χ0v) is 20.0. The standard InChI is InChI=1S/C21H36N2O5Si/c1-21(2,3)29(7,8)28-13-16-17(24)9-10-23(16)20(25)14-11-18(26-5)19(27-6)12-15(14)22-4/h11-12,16-17,22,24H,9-10,13H2,1-8H3/t16-,17+/m1/s1. The number of ether oxygens (including phenoxy) is 2. The number of nitrogens with one attached hydrogen (secondary N) is 1. The van der Waals surface area contributed by atoms with Gasteiger partial charge in [0.25, 0.3) is 5.91 Å². The van der Waals surface area contributed by atoms with E-state index in [1.54, 1.807) is 38.3 Å². The molecular weight excluding hydrogens is 388 g/mol. The lowest BCUT2D eigenvalue weighted by molar-refractivity contribution is 0.0511. The molecule has 2 rings (SSSR count). The molecule has 0 saturated carbocycles. The van der Waals surface area contributed by atoms with Crippen LogP contribution in [-0.4, -0.2) is 70.8 Å². The second kappa shape index (κ2) is 8.93. The van der Waals surface area contributed by atoms with E-state index in [1.807, 2.05) is 0 Å². The Morgan fingerprint density at radius 2 is 1.83 bits per heavy atom. The van der Waals surface area contributed by atoms with Crippen molar-refractivity contribution in [2.24, 2.45) is 0 Å². The number of rotatable bonds is 7. The Bertz CT molecular complexity index is 733. The minimum atomic E-state index is -1.99. The number of benzene rings is 1. The van der Waals surface area contributed by atoms with Crippen LogP contribution in [0.15, 0.2) is 12.1 Å². The first kappa shape index (κ1) is 23.5. The van der Waals surface area contributed by atoms with Gasteiger partial charge >= 0.3 is 0 Å². The third-order valence-corrected chi connectivity index (χ3v) is 10.7. The molecule has 0 spiro atoms. The lowest BCUT2D eigenvalue weighted by Gasteiger charge is -2.38. The molecule has 1 fully saturated rings. The highest BCUT2D eigenvalue weighted by atomic mass is 28.4. The molecule has 29 heavy (non-hydrogen) atoms. The van der Waals surface area contributed by atoms with Crippen LogP contribution in [0.1, 0.15) is 37.6 Å². The van der Waals surface area contributed by atoms with Gasteiger partial charge in [0.15, 0.2) is 19.8 Å². The predicted octanol–water partition coefficient (Wildman–Crippen LogP) is 3.34. The maximum absolute atomic E-state index is 13.4. The van der Waals surface area contributed by atoms with Crippen LogP contribution in [0, 0.1) is 0 Å². The van der Waals surface area contributed by atoms with Crippen LogP contribution >= 0.6 is 0 Å². The van der Waals surface area contributed by atoms with E-state index in [2.05, 4.69) is 39.2 Å². The summed E-state index contributed by atoms with van der Waals surface area (Å²) in [5, 5.41) is 13.7. The number of aliphatic hydroxyl groups is 1. The maximum atomic E-state index is 13.4. The van der Waals surface area contributed by atoms with E-state index in [9.17, 15) is 9.90 Å². The van der Waals surface area contributed by atoms with Crippen LogP contribution in [0.3, 0.4) is 0 Å². The molecule has 0 bridgehead atoms. The largest absolute Gasteiger partial charge is 0.493 e. The van der Waals surface area contributed by atoms with Gasteiger partial charge in [0, 0.05) is 19.7 Å². The number of hydrogen-bond acceptors (Lipinski definition) is 6. The van der Waals surface area contributed by atoms with Crippen molar-refractivity contribution in [3.05, 3.63) is 17.7 Å². The first-order chi connectivity index (χ1) is 13.5. The van der Waals surface area contributed by atoms with Gasteiger partial charge in [-0.3, -0.25) is 4.79 Å². The average molecular weight is 425 g/mol. The van der Waals surface area contributed by atoms with E-state index in [-0.39, 0.29) is 17.0 Å². The van der Waals surface area contributed by atoms with E-state index >= 15 is 0 Å². The van der Waals surface area contributed by atoms with E-state index in [1.165, 1.54) is 0 Å². The molecule has 0 unspecified atom stereocenters. The van der Waals surface area contributed by atoms with Gasteiger partial charge in [0.2, 0.25) is 0 Å². The summed E-state index contributed by atoms with van der Waals surface area (Å²) in [5.41, 5.74) is 1.13. The molecule has 1 aliphatic rings. The number of anilines is 1. The van der Waals surface area contributed by atoms with E-state index < -0.39 is 14.4 Å². The van der Waals surface area contributed by atoms with Gasteiger partial charge in [-0.25, -0.2) is 0 Å². The van der Waals surface area contributed by atoms with Crippen molar-refractivity contribution in [2.45, 2.75) is 57.5 Å². The minimum Gasteiger partial charge on any atom is -0.493 e. The van der Waals surface area contributed by atoms with Crippen LogP contribution in [0.25, 0.3) is 0 Å². The van der Waals surface area contributed by atoms with Crippen molar-refractivity contribution in [1.29, 1.82) is 0 Å². The van der Waals surface area contributed by atoms with Crippen molar-refractivity contribution >= 4 is 19.9 Å². The number of hydrogen-bond donors (Lipinski definition) is 2. The molecule has 0 aliphatic carbocycles. The predicted molar refractivity (Wildman–Crippen MR) is 118 cm³/mol. The second-order valence-electron chi connectivity index (χ2n) is 9.00. The molecule has 8 heteroatoms. The molecule has 0 radical (unpaired) electrons. The summed E-state index contributed by atoms with van der Waals surface area (Å²) in [4.78, 5) is 15.1. The number of carbonyl (C=O) groups is 1. The van der Waals surface area contributed by atoms with Gasteiger partial charge in [-0.15, -0.1) is 0 Å². The number of amides is 1. The Labute approximate surface area is 175 Å². The van der Waals surface area contributed by atoms with Crippen LogP contribution in [0.2, 0.25) is 18.1 Å². The van der Waals surface area contributed by atoms with Gasteiger partial charge < -0.3 is 29.2 Å². The van der Waals surface area contributed by atoms with Crippen molar-refractivity contribution in [2.75, 3.05) is 39.7 Å². The first-order valence-electron chi connectivity index (χ1n) is 10.0. The Hall–Kier alpha value is -1.77. The lowest BCUT2D eigenvalue weighted by atomic mass is 10.1. The zero-order valence-electron chi connectivity index (χ0n) is 19.0. The molecule has 1 aromatic carbocycles. The normalized spacial score (nSPS) is 20.0. The van der Waals surface area contributed by atoms with Crippen LogP contribution in [-0.2, 0) is 4.43 Å². The molecule has 7 nitrogen and oxygen atoms in total. The molecule has 1 amide bonds. The summed E-state index contributed by atoms with van der Waals surface area (Å²) in [5.74, 6) is 0.882. The van der Waals surface area contributed by atoms with Gasteiger partial charge in [-0.2, -0.15) is 0 Å². The highest BCUT2D eigenvalue weighted by Crippen LogP contribution is 2.38. The zero-order chi connectivity index (χ0) is 22.0. The van der Waals surface area contributed by atoms with Crippen molar-refractivity contribution < 1.29 is 23.8 Å². The van der Waals surface area contributed by atoms with Crippen molar-refractivity contribution in [1.82, 2.24) is 4.90 Å². The van der Waals surface area contributed by atoms with E-state index in [0.29, 0.717) is 42.3 Å². The van der Waals surface area contributed by atoms with Gasteiger partial charge in [-0.1, -0.05) is 20.8 Å². The molecular formula is C21H36N2O5Si. The van der Waals surface area contributed by atoms with Crippen LogP contribution < -0.4 is 14.8 Å². The highest BCUT2D eigenvalue weighted by Gasteiger charge is 2.42. The third-order valence-electron chi connectivity index (χ3n) is 6.22. The monoisotopic (exact) mass is 424 g/mol. The Kier molecular flexibility index (Phi) is 7.24. The Balaban J connectivity index is 2.29. The fraction of sp³-hybridized carbons (Fsp3) is 0.667.